The third-order valence-corrected chi connectivity index (χ3v) is 5.35. The molecule has 1 aromatic carbocycles. The van der Waals surface area contributed by atoms with Crippen molar-refractivity contribution in [1.29, 1.82) is 0 Å². The first kappa shape index (κ1) is 15.5. The highest BCUT2D eigenvalue weighted by Crippen LogP contribution is 2.27. The van der Waals surface area contributed by atoms with Crippen LogP contribution in [0.25, 0.3) is 0 Å². The van der Waals surface area contributed by atoms with Crippen molar-refractivity contribution in [1.82, 2.24) is 4.98 Å². The fourth-order valence-corrected chi connectivity index (χ4v) is 3.98. The predicted octanol–water partition coefficient (Wildman–Crippen LogP) is 3.42. The lowest BCUT2D eigenvalue weighted by Gasteiger charge is -2.16. The number of anilines is 1. The summed E-state index contributed by atoms with van der Waals surface area (Å²) in [6.07, 6.45) is 1.59. The summed E-state index contributed by atoms with van der Waals surface area (Å²) in [5.74, 6) is 0.341. The summed E-state index contributed by atoms with van der Waals surface area (Å²) in [5, 5.41) is 0. The van der Waals surface area contributed by atoms with Crippen LogP contribution in [0.4, 0.5) is 5.82 Å². The minimum atomic E-state index is -3.65. The molecule has 1 heterocycles. The van der Waals surface area contributed by atoms with Gasteiger partial charge in [-0.05, 0) is 74.6 Å². The molecule has 0 aliphatic rings. The lowest BCUT2D eigenvalue weighted by molar-refractivity contribution is 0.599. The molecular formula is C16H20N2O2S. The molecule has 0 fully saturated rings. The Bertz CT molecular complexity index is 770. The van der Waals surface area contributed by atoms with Crippen LogP contribution in [0.2, 0.25) is 0 Å². The lowest BCUT2D eigenvalue weighted by atomic mass is 10.0. The van der Waals surface area contributed by atoms with Crippen LogP contribution in [0.5, 0.6) is 0 Å². The first-order valence-corrected chi connectivity index (χ1v) is 8.23. The summed E-state index contributed by atoms with van der Waals surface area (Å²) in [6, 6.07) is 5.55. The highest BCUT2D eigenvalue weighted by molar-refractivity contribution is 7.92. The molecule has 0 amide bonds. The van der Waals surface area contributed by atoms with E-state index in [1.807, 2.05) is 46.8 Å². The topological polar surface area (TPSA) is 59.1 Å². The van der Waals surface area contributed by atoms with Crippen molar-refractivity contribution in [3.8, 4) is 0 Å². The fourth-order valence-electron chi connectivity index (χ4n) is 2.36. The van der Waals surface area contributed by atoms with Crippen LogP contribution in [0, 0.1) is 34.6 Å². The number of hydrogen-bond donors (Lipinski definition) is 1. The van der Waals surface area contributed by atoms with Crippen LogP contribution in [-0.2, 0) is 10.0 Å². The number of pyridine rings is 1. The number of aromatic nitrogens is 1. The number of hydrogen-bond acceptors (Lipinski definition) is 3. The van der Waals surface area contributed by atoms with Crippen LogP contribution < -0.4 is 4.72 Å². The molecule has 1 aromatic heterocycles. The largest absolute Gasteiger partial charge is 0.263 e. The van der Waals surface area contributed by atoms with E-state index in [4.69, 9.17) is 0 Å². The van der Waals surface area contributed by atoms with Crippen molar-refractivity contribution in [2.45, 2.75) is 39.5 Å². The number of benzene rings is 1. The Kier molecular flexibility index (Phi) is 4.05. The van der Waals surface area contributed by atoms with E-state index in [0.717, 1.165) is 27.8 Å². The van der Waals surface area contributed by atoms with E-state index in [0.29, 0.717) is 10.7 Å². The molecule has 0 radical (unpaired) electrons. The van der Waals surface area contributed by atoms with Crippen LogP contribution >= 0.6 is 0 Å². The minimum absolute atomic E-state index is 0.341. The summed E-state index contributed by atoms with van der Waals surface area (Å²) in [5.41, 5.74) is 4.44. The molecule has 0 atom stereocenters. The van der Waals surface area contributed by atoms with Gasteiger partial charge >= 0.3 is 0 Å². The van der Waals surface area contributed by atoms with E-state index >= 15 is 0 Å². The van der Waals surface area contributed by atoms with E-state index in [1.54, 1.807) is 12.3 Å². The zero-order valence-corrected chi connectivity index (χ0v) is 13.8. The van der Waals surface area contributed by atoms with Gasteiger partial charge in [-0.1, -0.05) is 6.07 Å². The molecule has 5 heteroatoms. The second-order valence-electron chi connectivity index (χ2n) is 5.41. The Labute approximate surface area is 126 Å². The molecule has 4 nitrogen and oxygen atoms in total. The molecule has 2 aromatic rings. The number of rotatable bonds is 3. The van der Waals surface area contributed by atoms with Crippen molar-refractivity contribution in [3.05, 3.63) is 52.2 Å². The average molecular weight is 304 g/mol. The summed E-state index contributed by atoms with van der Waals surface area (Å²) < 4.78 is 28.0. The average Bonchev–Trinajstić information content (AvgIpc) is 2.35. The highest BCUT2D eigenvalue weighted by atomic mass is 32.2. The first-order valence-electron chi connectivity index (χ1n) is 6.75. The second-order valence-corrected chi connectivity index (χ2v) is 7.03. The van der Waals surface area contributed by atoms with Crippen LogP contribution in [0.3, 0.4) is 0 Å². The Morgan fingerprint density at radius 3 is 2.05 bits per heavy atom. The molecule has 0 aliphatic heterocycles. The van der Waals surface area contributed by atoms with Crippen LogP contribution in [-0.4, -0.2) is 13.4 Å². The van der Waals surface area contributed by atoms with E-state index in [1.165, 1.54) is 0 Å². The van der Waals surface area contributed by atoms with Gasteiger partial charge in [0.1, 0.15) is 5.82 Å². The SMILES string of the molecule is Cc1ccnc(NS(=O)(=O)c2c(C)c(C)cc(C)c2C)c1. The fraction of sp³-hybridized carbons (Fsp3) is 0.312. The Morgan fingerprint density at radius 2 is 1.52 bits per heavy atom. The summed E-state index contributed by atoms with van der Waals surface area (Å²) in [4.78, 5) is 4.41. The molecule has 0 saturated carbocycles. The van der Waals surface area contributed by atoms with Gasteiger partial charge in [0.15, 0.2) is 0 Å². The highest BCUT2D eigenvalue weighted by Gasteiger charge is 2.22. The minimum Gasteiger partial charge on any atom is -0.263 e. The normalized spacial score (nSPS) is 11.5. The quantitative estimate of drug-likeness (QED) is 0.945. The van der Waals surface area contributed by atoms with E-state index in [2.05, 4.69) is 9.71 Å². The first-order chi connectivity index (χ1) is 9.72. The monoisotopic (exact) mass is 304 g/mol. The molecule has 0 saturated heterocycles. The molecule has 2 rings (SSSR count). The molecule has 0 aliphatic carbocycles. The molecule has 0 spiro atoms. The van der Waals surface area contributed by atoms with Gasteiger partial charge in [-0.15, -0.1) is 0 Å². The number of nitrogens with zero attached hydrogens (tertiary/aromatic N) is 1. The van der Waals surface area contributed by atoms with Crippen molar-refractivity contribution < 1.29 is 8.42 Å². The Hall–Kier alpha value is -1.88. The Morgan fingerprint density at radius 1 is 0.952 bits per heavy atom. The van der Waals surface area contributed by atoms with Crippen LogP contribution in [0.1, 0.15) is 27.8 Å². The maximum Gasteiger partial charge on any atom is 0.263 e. The predicted molar refractivity (Wildman–Crippen MR) is 85.2 cm³/mol. The lowest BCUT2D eigenvalue weighted by Crippen LogP contribution is -2.17. The zero-order chi connectivity index (χ0) is 15.8. The molecule has 1 N–H and O–H groups in total. The summed E-state index contributed by atoms with van der Waals surface area (Å²) in [6.45, 7) is 9.41. The van der Waals surface area contributed by atoms with Gasteiger partial charge in [0, 0.05) is 6.20 Å². The van der Waals surface area contributed by atoms with Gasteiger partial charge in [0.05, 0.1) is 4.90 Å². The number of aryl methyl sites for hydroxylation is 3. The van der Waals surface area contributed by atoms with E-state index in [9.17, 15) is 8.42 Å². The molecule has 0 bridgehead atoms. The summed E-state index contributed by atoms with van der Waals surface area (Å²) >= 11 is 0. The molecule has 21 heavy (non-hydrogen) atoms. The van der Waals surface area contributed by atoms with Gasteiger partial charge in [-0.2, -0.15) is 0 Å². The van der Waals surface area contributed by atoms with Crippen LogP contribution in [0.15, 0.2) is 29.3 Å². The van der Waals surface area contributed by atoms with Gasteiger partial charge in [-0.3, -0.25) is 4.72 Å². The summed E-state index contributed by atoms with van der Waals surface area (Å²) in [7, 11) is -3.65. The number of nitrogens with one attached hydrogen (secondary N) is 1. The van der Waals surface area contributed by atoms with Crippen molar-refractivity contribution in [2.24, 2.45) is 0 Å². The zero-order valence-electron chi connectivity index (χ0n) is 13.0. The second kappa shape index (κ2) is 5.48. The smallest absolute Gasteiger partial charge is 0.263 e. The maximum absolute atomic E-state index is 12.7. The van der Waals surface area contributed by atoms with Crippen molar-refractivity contribution in [3.63, 3.8) is 0 Å². The number of sulfonamides is 1. The maximum atomic E-state index is 12.7. The third-order valence-electron chi connectivity index (χ3n) is 3.72. The van der Waals surface area contributed by atoms with Crippen molar-refractivity contribution >= 4 is 15.8 Å². The van der Waals surface area contributed by atoms with E-state index in [-0.39, 0.29) is 0 Å². The van der Waals surface area contributed by atoms with Crippen molar-refractivity contribution in [2.75, 3.05) is 4.72 Å². The molecule has 112 valence electrons. The van der Waals surface area contributed by atoms with Gasteiger partial charge in [-0.25, -0.2) is 13.4 Å². The third kappa shape index (κ3) is 3.08. The molecule has 0 unspecified atom stereocenters. The molecular weight excluding hydrogens is 284 g/mol. The van der Waals surface area contributed by atoms with E-state index < -0.39 is 10.0 Å². The van der Waals surface area contributed by atoms with Gasteiger partial charge in [0.2, 0.25) is 0 Å². The standard InChI is InChI=1S/C16H20N2O2S/c1-10-6-7-17-15(8-10)18-21(19,20)16-13(4)11(2)9-12(3)14(16)5/h6-9H,1-5H3,(H,17,18). The van der Waals surface area contributed by atoms with Gasteiger partial charge in [0.25, 0.3) is 10.0 Å². The Balaban J connectivity index is 2.55. The van der Waals surface area contributed by atoms with Gasteiger partial charge < -0.3 is 0 Å².